The molecule has 33 heavy (non-hydrogen) atoms. The van der Waals surface area contributed by atoms with Crippen LogP contribution in [-0.2, 0) is 15.6 Å². The highest BCUT2D eigenvalue weighted by molar-refractivity contribution is 6.03. The molecular formula is C27H35N3O3. The van der Waals surface area contributed by atoms with E-state index in [1.165, 1.54) is 0 Å². The smallest absolute Gasteiger partial charge is 0.223 e. The summed E-state index contributed by atoms with van der Waals surface area (Å²) in [4.78, 5) is 27.2. The number of nitrogens with one attached hydrogen (secondary N) is 1. The number of hydrogen-bond acceptors (Lipinski definition) is 4. The molecule has 1 aliphatic heterocycles. The van der Waals surface area contributed by atoms with Gasteiger partial charge in [0.2, 0.25) is 5.91 Å². The molecular weight excluding hydrogens is 414 g/mol. The third kappa shape index (κ3) is 4.95. The summed E-state index contributed by atoms with van der Waals surface area (Å²) in [6.07, 6.45) is 0. The zero-order chi connectivity index (χ0) is 24.7. The van der Waals surface area contributed by atoms with Gasteiger partial charge in [-0.1, -0.05) is 71.9 Å². The Balaban J connectivity index is 1.95. The van der Waals surface area contributed by atoms with Gasteiger partial charge in [-0.2, -0.15) is 0 Å². The highest BCUT2D eigenvalue weighted by atomic mass is 16.3. The Kier molecular flexibility index (Phi) is 6.42. The van der Waals surface area contributed by atoms with Crippen molar-refractivity contribution in [1.29, 1.82) is 5.41 Å². The molecule has 2 unspecified atom stereocenters. The van der Waals surface area contributed by atoms with Gasteiger partial charge in [-0.05, 0) is 28.5 Å². The molecule has 0 radical (unpaired) electrons. The Hall–Kier alpha value is -3.15. The van der Waals surface area contributed by atoms with E-state index in [9.17, 15) is 14.7 Å². The van der Waals surface area contributed by atoms with Crippen molar-refractivity contribution < 1.29 is 14.7 Å². The van der Waals surface area contributed by atoms with Crippen molar-refractivity contribution >= 4 is 17.5 Å². The molecule has 1 saturated heterocycles. The van der Waals surface area contributed by atoms with E-state index in [0.29, 0.717) is 16.7 Å². The van der Waals surface area contributed by atoms with Crippen LogP contribution in [0.15, 0.2) is 42.5 Å². The number of nitrogens with zero attached hydrogens (tertiary/aromatic N) is 1. The normalized spacial score (nSPS) is 19.1. The summed E-state index contributed by atoms with van der Waals surface area (Å²) >= 11 is 0. The van der Waals surface area contributed by atoms with Crippen LogP contribution >= 0.6 is 0 Å². The molecule has 176 valence electrons. The molecule has 4 N–H and O–H groups in total. The molecule has 3 rings (SSSR count). The third-order valence-corrected chi connectivity index (χ3v) is 6.36. The van der Waals surface area contributed by atoms with Gasteiger partial charge in [-0.3, -0.25) is 15.0 Å². The highest BCUT2D eigenvalue weighted by Crippen LogP contribution is 2.40. The van der Waals surface area contributed by atoms with Gasteiger partial charge in [0.25, 0.3) is 0 Å². The van der Waals surface area contributed by atoms with E-state index in [-0.39, 0.29) is 41.3 Å². The Labute approximate surface area is 196 Å². The first-order valence-electron chi connectivity index (χ1n) is 11.3. The Morgan fingerprint density at radius 3 is 2.00 bits per heavy atom. The largest absolute Gasteiger partial charge is 0.507 e. The number of carbonyl (C=O) groups excluding carboxylic acids is 2. The van der Waals surface area contributed by atoms with Gasteiger partial charge in [0, 0.05) is 23.2 Å². The molecule has 0 saturated carbocycles. The van der Waals surface area contributed by atoms with Crippen LogP contribution in [0.25, 0.3) is 0 Å². The minimum atomic E-state index is -0.567. The first-order chi connectivity index (χ1) is 15.2. The minimum Gasteiger partial charge on any atom is -0.507 e. The standard InChI is InChI=1S/C27H35N3O3/c1-26(2,3)19-12-17(13-20(23(19)32)27(4,5)6)21(31)15-30-14-18(25(29)33)22(24(30)28)16-10-8-7-9-11-16/h7-13,18,22,28,32H,14-15H2,1-6H3,(H2,29,33). The zero-order valence-corrected chi connectivity index (χ0v) is 20.4. The Morgan fingerprint density at radius 2 is 1.55 bits per heavy atom. The molecule has 1 heterocycles. The van der Waals surface area contributed by atoms with Gasteiger partial charge in [0.05, 0.1) is 18.4 Å². The van der Waals surface area contributed by atoms with Gasteiger partial charge in [0.1, 0.15) is 11.6 Å². The van der Waals surface area contributed by atoms with Crippen LogP contribution < -0.4 is 5.73 Å². The van der Waals surface area contributed by atoms with E-state index in [1.54, 1.807) is 17.0 Å². The fourth-order valence-corrected chi connectivity index (χ4v) is 4.49. The lowest BCUT2D eigenvalue weighted by atomic mass is 9.78. The first kappa shape index (κ1) is 24.5. The number of phenols is 1. The van der Waals surface area contributed by atoms with E-state index < -0.39 is 17.7 Å². The van der Waals surface area contributed by atoms with E-state index in [4.69, 9.17) is 11.1 Å². The number of carbonyl (C=O) groups is 2. The van der Waals surface area contributed by atoms with Gasteiger partial charge in [0.15, 0.2) is 5.78 Å². The molecule has 0 aromatic heterocycles. The number of amides is 1. The second-order valence-electron chi connectivity index (χ2n) is 11.0. The van der Waals surface area contributed by atoms with E-state index in [0.717, 1.165) is 5.56 Å². The van der Waals surface area contributed by atoms with Gasteiger partial charge in [-0.25, -0.2) is 0 Å². The van der Waals surface area contributed by atoms with Crippen LogP contribution in [-0.4, -0.2) is 40.6 Å². The maximum absolute atomic E-state index is 13.4. The summed E-state index contributed by atoms with van der Waals surface area (Å²) in [5, 5.41) is 19.7. The second-order valence-corrected chi connectivity index (χ2v) is 11.0. The molecule has 1 amide bonds. The Morgan fingerprint density at radius 1 is 1.03 bits per heavy atom. The lowest BCUT2D eigenvalue weighted by Gasteiger charge is -2.28. The van der Waals surface area contributed by atoms with Crippen LogP contribution in [0.4, 0.5) is 0 Å². The molecule has 6 heteroatoms. The lowest BCUT2D eigenvalue weighted by Crippen LogP contribution is -2.33. The summed E-state index contributed by atoms with van der Waals surface area (Å²) in [5.41, 5.74) is 7.73. The monoisotopic (exact) mass is 449 g/mol. The molecule has 2 aromatic rings. The molecule has 1 fully saturated rings. The molecule has 6 nitrogen and oxygen atoms in total. The summed E-state index contributed by atoms with van der Waals surface area (Å²) in [5.74, 6) is -1.22. The number of ketones is 1. The predicted molar refractivity (Wildman–Crippen MR) is 131 cm³/mol. The predicted octanol–water partition coefficient (Wildman–Crippen LogP) is 4.35. The lowest BCUT2D eigenvalue weighted by molar-refractivity contribution is -0.121. The second kappa shape index (κ2) is 8.65. The van der Waals surface area contributed by atoms with Crippen molar-refractivity contribution in [3.63, 3.8) is 0 Å². The molecule has 0 spiro atoms. The highest BCUT2D eigenvalue weighted by Gasteiger charge is 2.42. The number of hydrogen-bond donors (Lipinski definition) is 3. The van der Waals surface area contributed by atoms with Gasteiger partial charge >= 0.3 is 0 Å². The first-order valence-corrected chi connectivity index (χ1v) is 11.3. The van der Waals surface area contributed by atoms with Crippen molar-refractivity contribution in [2.24, 2.45) is 11.7 Å². The molecule has 2 aromatic carbocycles. The van der Waals surface area contributed by atoms with Crippen molar-refractivity contribution in [1.82, 2.24) is 4.90 Å². The van der Waals surface area contributed by atoms with E-state index in [1.807, 2.05) is 71.9 Å². The fourth-order valence-electron chi connectivity index (χ4n) is 4.49. The number of Topliss-reactive ketones (excluding diaryl/α,β-unsaturated/α-hetero) is 1. The third-order valence-electron chi connectivity index (χ3n) is 6.36. The fraction of sp³-hybridized carbons (Fsp3) is 0.444. The van der Waals surface area contributed by atoms with E-state index >= 15 is 0 Å². The zero-order valence-electron chi connectivity index (χ0n) is 20.4. The number of phenolic OH excluding ortho intramolecular Hbond substituents is 1. The number of amidine groups is 1. The average Bonchev–Trinajstić information content (AvgIpc) is 3.03. The molecule has 0 aliphatic carbocycles. The van der Waals surface area contributed by atoms with Crippen molar-refractivity contribution in [3.8, 4) is 5.75 Å². The van der Waals surface area contributed by atoms with Crippen LogP contribution in [0.3, 0.4) is 0 Å². The minimum absolute atomic E-state index is 0.0239. The maximum Gasteiger partial charge on any atom is 0.223 e. The van der Waals surface area contributed by atoms with Gasteiger partial charge < -0.3 is 15.7 Å². The quantitative estimate of drug-likeness (QED) is 0.590. The number of rotatable bonds is 5. The molecule has 0 bridgehead atoms. The van der Waals surface area contributed by atoms with Crippen molar-refractivity contribution in [2.75, 3.05) is 13.1 Å². The number of nitrogens with two attached hydrogens (primary N) is 1. The summed E-state index contributed by atoms with van der Waals surface area (Å²) in [7, 11) is 0. The summed E-state index contributed by atoms with van der Waals surface area (Å²) in [6.45, 7) is 12.2. The van der Waals surface area contributed by atoms with Crippen LogP contribution in [0.5, 0.6) is 5.75 Å². The molecule has 2 atom stereocenters. The van der Waals surface area contributed by atoms with E-state index in [2.05, 4.69) is 0 Å². The molecule has 1 aliphatic rings. The SMILES string of the molecule is CC(C)(C)c1cc(C(=O)CN2CC(C(N)=O)C(c3ccccc3)C2=N)cc(C(C)(C)C)c1O. The number of benzene rings is 2. The van der Waals surface area contributed by atoms with Crippen molar-refractivity contribution in [2.45, 2.75) is 58.3 Å². The maximum atomic E-state index is 13.4. The Bertz CT molecular complexity index is 1040. The van der Waals surface area contributed by atoms with Crippen molar-refractivity contribution in [3.05, 3.63) is 64.7 Å². The van der Waals surface area contributed by atoms with Crippen LogP contribution in [0, 0.1) is 11.3 Å². The summed E-state index contributed by atoms with van der Waals surface area (Å²) in [6, 6.07) is 12.9. The number of likely N-dealkylation sites (tertiary alicyclic amines) is 1. The van der Waals surface area contributed by atoms with Crippen LogP contribution in [0.2, 0.25) is 0 Å². The van der Waals surface area contributed by atoms with Gasteiger partial charge in [-0.15, -0.1) is 0 Å². The topological polar surface area (TPSA) is 107 Å². The average molecular weight is 450 g/mol. The number of primary amides is 1. The number of aromatic hydroxyl groups is 1. The van der Waals surface area contributed by atoms with Crippen LogP contribution in [0.1, 0.15) is 74.5 Å². The summed E-state index contributed by atoms with van der Waals surface area (Å²) < 4.78 is 0.